The van der Waals surface area contributed by atoms with Gasteiger partial charge in [-0.1, -0.05) is 12.1 Å². The summed E-state index contributed by atoms with van der Waals surface area (Å²) in [6.45, 7) is 2.13. The summed E-state index contributed by atoms with van der Waals surface area (Å²) in [6.07, 6.45) is 1.74. The van der Waals surface area contributed by atoms with Crippen molar-refractivity contribution in [3.63, 3.8) is 0 Å². The summed E-state index contributed by atoms with van der Waals surface area (Å²) in [4.78, 5) is 11.6. The van der Waals surface area contributed by atoms with Crippen molar-refractivity contribution in [3.8, 4) is 5.75 Å². The third-order valence-corrected chi connectivity index (χ3v) is 3.29. The molecule has 3 aromatic rings. The minimum atomic E-state index is -0.285. The molecule has 102 valence electrons. The zero-order valence-electron chi connectivity index (χ0n) is 11.1. The van der Waals surface area contributed by atoms with Gasteiger partial charge in [0.15, 0.2) is 0 Å². The molecule has 0 unspecified atom stereocenters. The van der Waals surface area contributed by atoms with Gasteiger partial charge in [0, 0.05) is 16.3 Å². The number of phenols is 1. The maximum absolute atomic E-state index is 11.6. The molecule has 4 heteroatoms. The number of phenolic OH excluding ortho intramolecular Hbond substituents is 1. The molecule has 0 saturated carbocycles. The number of carbonyl (C=O) groups is 1. The van der Waals surface area contributed by atoms with Gasteiger partial charge in [0.2, 0.25) is 0 Å². The lowest BCUT2D eigenvalue weighted by Crippen LogP contribution is -2.06. The van der Waals surface area contributed by atoms with Crippen molar-refractivity contribution in [1.29, 1.82) is 0 Å². The quantitative estimate of drug-likeness (QED) is 0.741. The minimum Gasteiger partial charge on any atom is -0.507 e. The summed E-state index contributed by atoms with van der Waals surface area (Å²) >= 11 is 0. The van der Waals surface area contributed by atoms with E-state index in [0.29, 0.717) is 12.2 Å². The highest BCUT2D eigenvalue weighted by molar-refractivity contribution is 6.10. The lowest BCUT2D eigenvalue weighted by molar-refractivity contribution is -0.142. The smallest absolute Gasteiger partial charge is 0.310 e. The second kappa shape index (κ2) is 4.89. The fourth-order valence-electron chi connectivity index (χ4n) is 2.44. The zero-order valence-corrected chi connectivity index (χ0v) is 11.1. The van der Waals surface area contributed by atoms with Crippen LogP contribution in [-0.4, -0.2) is 17.7 Å². The van der Waals surface area contributed by atoms with E-state index >= 15 is 0 Å². The number of esters is 1. The van der Waals surface area contributed by atoms with E-state index < -0.39 is 0 Å². The van der Waals surface area contributed by atoms with Gasteiger partial charge in [0.1, 0.15) is 11.3 Å². The molecule has 3 rings (SSSR count). The van der Waals surface area contributed by atoms with Crippen LogP contribution in [0, 0.1) is 0 Å². The fourth-order valence-corrected chi connectivity index (χ4v) is 2.44. The van der Waals surface area contributed by atoms with Gasteiger partial charge >= 0.3 is 5.97 Å². The Morgan fingerprint density at radius 1 is 1.25 bits per heavy atom. The molecule has 1 N–H and O–H groups in total. The first-order chi connectivity index (χ1) is 9.70. The molecular weight excluding hydrogens is 256 g/mol. The Morgan fingerprint density at radius 2 is 2.10 bits per heavy atom. The van der Waals surface area contributed by atoms with Crippen molar-refractivity contribution in [1.82, 2.24) is 0 Å². The number of aromatic hydroxyl groups is 1. The minimum absolute atomic E-state index is 0.162. The summed E-state index contributed by atoms with van der Waals surface area (Å²) in [5.41, 5.74) is 1.47. The van der Waals surface area contributed by atoms with Crippen LogP contribution in [0.5, 0.6) is 5.75 Å². The van der Waals surface area contributed by atoms with E-state index in [1.807, 2.05) is 12.1 Å². The highest BCUT2D eigenvalue weighted by Crippen LogP contribution is 2.34. The van der Waals surface area contributed by atoms with Crippen molar-refractivity contribution in [2.75, 3.05) is 6.61 Å². The molecule has 2 aromatic carbocycles. The van der Waals surface area contributed by atoms with Crippen LogP contribution < -0.4 is 0 Å². The van der Waals surface area contributed by atoms with E-state index in [9.17, 15) is 9.90 Å². The molecule has 0 radical (unpaired) electrons. The van der Waals surface area contributed by atoms with Crippen LogP contribution in [0.25, 0.3) is 21.7 Å². The SMILES string of the molecule is CCOC(=O)Cc1coc2ccc3c(O)cccc3c12. The molecule has 0 spiro atoms. The van der Waals surface area contributed by atoms with E-state index in [4.69, 9.17) is 9.15 Å². The van der Waals surface area contributed by atoms with Gasteiger partial charge in [-0.2, -0.15) is 0 Å². The van der Waals surface area contributed by atoms with Crippen molar-refractivity contribution in [2.24, 2.45) is 0 Å². The number of furan rings is 1. The number of hydrogen-bond donors (Lipinski definition) is 1. The van der Waals surface area contributed by atoms with Crippen molar-refractivity contribution >= 4 is 27.7 Å². The molecule has 0 bridgehead atoms. The Bertz CT molecular complexity index is 786. The summed E-state index contributed by atoms with van der Waals surface area (Å²) in [7, 11) is 0. The standard InChI is InChI=1S/C16H14O4/c1-2-19-15(18)8-10-9-20-14-7-6-11-12(16(10)14)4-3-5-13(11)17/h3-7,9,17H,2,8H2,1H3. The molecule has 4 nitrogen and oxygen atoms in total. The highest BCUT2D eigenvalue weighted by atomic mass is 16.5. The molecule has 20 heavy (non-hydrogen) atoms. The first-order valence-electron chi connectivity index (χ1n) is 6.47. The predicted octanol–water partition coefficient (Wildman–Crippen LogP) is 3.40. The number of hydrogen-bond acceptors (Lipinski definition) is 4. The monoisotopic (exact) mass is 270 g/mol. The zero-order chi connectivity index (χ0) is 14.1. The second-order valence-corrected chi connectivity index (χ2v) is 4.55. The number of ether oxygens (including phenoxy) is 1. The van der Waals surface area contributed by atoms with Crippen LogP contribution in [0.3, 0.4) is 0 Å². The number of benzene rings is 2. The summed E-state index contributed by atoms with van der Waals surface area (Å²) < 4.78 is 10.5. The molecular formula is C16H14O4. The third-order valence-electron chi connectivity index (χ3n) is 3.29. The van der Waals surface area contributed by atoms with E-state index in [1.165, 1.54) is 0 Å². The van der Waals surface area contributed by atoms with E-state index in [0.717, 1.165) is 21.7 Å². The Hall–Kier alpha value is -2.49. The third kappa shape index (κ3) is 1.99. The molecule has 0 atom stereocenters. The molecule has 1 aromatic heterocycles. The van der Waals surface area contributed by atoms with Gasteiger partial charge in [-0.05, 0) is 30.5 Å². The average Bonchev–Trinajstić information content (AvgIpc) is 2.83. The molecule has 1 heterocycles. The largest absolute Gasteiger partial charge is 0.507 e. The predicted molar refractivity (Wildman–Crippen MR) is 75.7 cm³/mol. The van der Waals surface area contributed by atoms with Gasteiger partial charge in [-0.25, -0.2) is 0 Å². The molecule has 0 fully saturated rings. The van der Waals surface area contributed by atoms with Crippen molar-refractivity contribution < 1.29 is 19.1 Å². The Kier molecular flexibility index (Phi) is 3.06. The van der Waals surface area contributed by atoms with Crippen LogP contribution >= 0.6 is 0 Å². The lowest BCUT2D eigenvalue weighted by Gasteiger charge is -2.04. The lowest BCUT2D eigenvalue weighted by atomic mass is 10.0. The Balaban J connectivity index is 2.19. The Morgan fingerprint density at radius 3 is 2.90 bits per heavy atom. The fraction of sp³-hybridized carbons (Fsp3) is 0.188. The van der Waals surface area contributed by atoms with Crippen LogP contribution in [-0.2, 0) is 16.0 Å². The molecule has 0 aliphatic rings. The highest BCUT2D eigenvalue weighted by Gasteiger charge is 2.14. The van der Waals surface area contributed by atoms with E-state index in [1.54, 1.807) is 31.4 Å². The van der Waals surface area contributed by atoms with Gasteiger partial charge in [0.25, 0.3) is 0 Å². The van der Waals surface area contributed by atoms with Crippen LogP contribution in [0.15, 0.2) is 41.0 Å². The molecule has 0 saturated heterocycles. The van der Waals surface area contributed by atoms with Gasteiger partial charge in [-0.15, -0.1) is 0 Å². The first kappa shape index (κ1) is 12.5. The second-order valence-electron chi connectivity index (χ2n) is 4.55. The molecule has 0 aliphatic carbocycles. The van der Waals surface area contributed by atoms with Gasteiger partial charge in [-0.3, -0.25) is 4.79 Å². The number of carbonyl (C=O) groups excluding carboxylic acids is 1. The van der Waals surface area contributed by atoms with Crippen molar-refractivity contribution in [2.45, 2.75) is 13.3 Å². The Labute approximate surface area is 115 Å². The van der Waals surface area contributed by atoms with Crippen LogP contribution in [0.4, 0.5) is 0 Å². The van der Waals surface area contributed by atoms with Gasteiger partial charge < -0.3 is 14.3 Å². The number of fused-ring (bicyclic) bond motifs is 3. The van der Waals surface area contributed by atoms with Crippen LogP contribution in [0.2, 0.25) is 0 Å². The summed E-state index contributed by atoms with van der Waals surface area (Å²) in [5, 5.41) is 12.4. The summed E-state index contributed by atoms with van der Waals surface area (Å²) in [5.74, 6) is -0.0694. The van der Waals surface area contributed by atoms with E-state index in [-0.39, 0.29) is 18.1 Å². The topological polar surface area (TPSA) is 59.7 Å². The first-order valence-corrected chi connectivity index (χ1v) is 6.47. The average molecular weight is 270 g/mol. The molecule has 0 amide bonds. The van der Waals surface area contributed by atoms with Crippen molar-refractivity contribution in [3.05, 3.63) is 42.2 Å². The summed E-state index contributed by atoms with van der Waals surface area (Å²) in [6, 6.07) is 8.93. The number of rotatable bonds is 3. The normalized spacial score (nSPS) is 11.1. The van der Waals surface area contributed by atoms with E-state index in [2.05, 4.69) is 0 Å². The molecule has 0 aliphatic heterocycles. The maximum Gasteiger partial charge on any atom is 0.310 e. The van der Waals surface area contributed by atoms with Gasteiger partial charge in [0.05, 0.1) is 19.3 Å². The maximum atomic E-state index is 11.6. The van der Waals surface area contributed by atoms with Crippen LogP contribution in [0.1, 0.15) is 12.5 Å².